The monoisotopic (exact) mass is 351 g/mol. The Kier molecular flexibility index (Phi) is 5.00. The number of methoxy groups -OCH3 is 1. The maximum atomic E-state index is 6.21. The van der Waals surface area contributed by atoms with Gasteiger partial charge < -0.3 is 14.8 Å². The highest BCUT2D eigenvalue weighted by atomic mass is 35.5. The lowest BCUT2D eigenvalue weighted by Gasteiger charge is -2.13. The minimum Gasteiger partial charge on any atom is -0.496 e. The summed E-state index contributed by atoms with van der Waals surface area (Å²) >= 11 is 12.2. The van der Waals surface area contributed by atoms with Gasteiger partial charge in [0.1, 0.15) is 17.6 Å². The third-order valence-electron chi connectivity index (χ3n) is 3.96. The minimum atomic E-state index is 0.225. The van der Waals surface area contributed by atoms with Gasteiger partial charge in [-0.15, -0.1) is 0 Å². The Labute approximate surface area is 146 Å². The summed E-state index contributed by atoms with van der Waals surface area (Å²) in [6, 6.07) is 9.78. The summed E-state index contributed by atoms with van der Waals surface area (Å²) in [5, 5.41) is 4.55. The number of ether oxygens (including phenoxy) is 2. The van der Waals surface area contributed by atoms with E-state index in [1.165, 1.54) is 5.56 Å². The van der Waals surface area contributed by atoms with Crippen molar-refractivity contribution in [1.29, 1.82) is 0 Å². The van der Waals surface area contributed by atoms with Crippen molar-refractivity contribution in [1.82, 2.24) is 5.32 Å². The lowest BCUT2D eigenvalue weighted by atomic mass is 10.1. The van der Waals surface area contributed by atoms with Crippen molar-refractivity contribution in [3.63, 3.8) is 0 Å². The highest BCUT2D eigenvalue weighted by molar-refractivity contribution is 6.42. The van der Waals surface area contributed by atoms with Gasteiger partial charge in [-0.25, -0.2) is 0 Å². The molecule has 1 heterocycles. The fourth-order valence-corrected chi connectivity index (χ4v) is 3.21. The van der Waals surface area contributed by atoms with Crippen molar-refractivity contribution < 1.29 is 9.47 Å². The van der Waals surface area contributed by atoms with Gasteiger partial charge in [-0.3, -0.25) is 0 Å². The zero-order valence-electron chi connectivity index (χ0n) is 13.2. The van der Waals surface area contributed by atoms with Crippen molar-refractivity contribution >= 4 is 23.2 Å². The molecule has 5 heteroatoms. The van der Waals surface area contributed by atoms with Crippen molar-refractivity contribution in [3.8, 4) is 11.5 Å². The van der Waals surface area contributed by atoms with E-state index >= 15 is 0 Å². The van der Waals surface area contributed by atoms with E-state index in [2.05, 4.69) is 24.4 Å². The van der Waals surface area contributed by atoms with Crippen molar-refractivity contribution in [2.45, 2.75) is 32.5 Å². The van der Waals surface area contributed by atoms with Crippen LogP contribution in [0.3, 0.4) is 0 Å². The summed E-state index contributed by atoms with van der Waals surface area (Å²) in [5.41, 5.74) is 3.25. The number of halogens is 2. The third kappa shape index (κ3) is 3.57. The zero-order valence-corrected chi connectivity index (χ0v) is 14.7. The topological polar surface area (TPSA) is 30.5 Å². The molecule has 0 amide bonds. The molecule has 2 aromatic carbocycles. The number of benzene rings is 2. The molecule has 0 radical (unpaired) electrons. The van der Waals surface area contributed by atoms with Gasteiger partial charge >= 0.3 is 0 Å². The Hall–Kier alpha value is -1.42. The predicted octanol–water partition coefficient (Wildman–Crippen LogP) is 4.62. The smallest absolute Gasteiger partial charge is 0.123 e. The molecule has 122 valence electrons. The fourth-order valence-electron chi connectivity index (χ4n) is 2.83. The van der Waals surface area contributed by atoms with E-state index < -0.39 is 0 Å². The van der Waals surface area contributed by atoms with Crippen LogP contribution in [0.25, 0.3) is 0 Å². The van der Waals surface area contributed by atoms with Crippen LogP contribution in [0.5, 0.6) is 11.5 Å². The van der Waals surface area contributed by atoms with E-state index in [-0.39, 0.29) is 6.10 Å². The van der Waals surface area contributed by atoms with E-state index in [1.807, 2.05) is 12.1 Å². The molecule has 0 saturated heterocycles. The fraction of sp³-hybridized carbons (Fsp3) is 0.333. The van der Waals surface area contributed by atoms with Crippen LogP contribution < -0.4 is 14.8 Å². The maximum Gasteiger partial charge on any atom is 0.123 e. The SMILES string of the molecule is COc1cc2c(cc1CNCc1cccc(Cl)c1Cl)OC(C)C2. The Morgan fingerprint density at radius 1 is 1.22 bits per heavy atom. The summed E-state index contributed by atoms with van der Waals surface area (Å²) in [5.74, 6) is 1.84. The molecule has 1 atom stereocenters. The average molecular weight is 352 g/mol. The second-order valence-electron chi connectivity index (χ2n) is 5.72. The summed E-state index contributed by atoms with van der Waals surface area (Å²) in [6.07, 6.45) is 1.15. The van der Waals surface area contributed by atoms with Crippen molar-refractivity contribution in [3.05, 3.63) is 57.1 Å². The van der Waals surface area contributed by atoms with Crippen LogP contribution >= 0.6 is 23.2 Å². The van der Waals surface area contributed by atoms with Gasteiger partial charge in [0, 0.05) is 30.6 Å². The Morgan fingerprint density at radius 2 is 2.00 bits per heavy atom. The number of fused-ring (bicyclic) bond motifs is 1. The first kappa shape index (κ1) is 16.4. The molecule has 0 fully saturated rings. The Bertz CT molecular complexity index is 718. The van der Waals surface area contributed by atoms with Crippen LogP contribution in [0, 0.1) is 0 Å². The predicted molar refractivity (Wildman–Crippen MR) is 93.8 cm³/mol. The van der Waals surface area contributed by atoms with Crippen molar-refractivity contribution in [2.24, 2.45) is 0 Å². The number of hydrogen-bond donors (Lipinski definition) is 1. The molecule has 0 bridgehead atoms. The Balaban J connectivity index is 1.71. The highest BCUT2D eigenvalue weighted by Crippen LogP contribution is 2.35. The molecule has 3 rings (SSSR count). The van der Waals surface area contributed by atoms with E-state index in [9.17, 15) is 0 Å². The lowest BCUT2D eigenvalue weighted by molar-refractivity contribution is 0.254. The van der Waals surface area contributed by atoms with Crippen LogP contribution in [0.15, 0.2) is 30.3 Å². The molecule has 0 saturated carbocycles. The molecule has 3 nitrogen and oxygen atoms in total. The maximum absolute atomic E-state index is 6.21. The summed E-state index contributed by atoms with van der Waals surface area (Å²) in [6.45, 7) is 3.37. The first-order valence-electron chi connectivity index (χ1n) is 7.58. The van der Waals surface area contributed by atoms with Gasteiger partial charge in [0.05, 0.1) is 17.2 Å². The molecule has 0 spiro atoms. The van der Waals surface area contributed by atoms with Gasteiger partial charge in [0.25, 0.3) is 0 Å². The molecule has 2 aromatic rings. The van der Waals surface area contributed by atoms with Gasteiger partial charge in [0.2, 0.25) is 0 Å². The Morgan fingerprint density at radius 3 is 2.78 bits per heavy atom. The second kappa shape index (κ2) is 7.00. The minimum absolute atomic E-state index is 0.225. The first-order chi connectivity index (χ1) is 11.1. The summed E-state index contributed by atoms with van der Waals surface area (Å²) in [4.78, 5) is 0. The quantitative estimate of drug-likeness (QED) is 0.852. The molecular weight excluding hydrogens is 333 g/mol. The average Bonchev–Trinajstić information content (AvgIpc) is 2.89. The molecule has 1 aliphatic rings. The van der Waals surface area contributed by atoms with E-state index in [0.717, 1.165) is 29.0 Å². The molecule has 23 heavy (non-hydrogen) atoms. The summed E-state index contributed by atoms with van der Waals surface area (Å²) in [7, 11) is 1.69. The van der Waals surface area contributed by atoms with Crippen molar-refractivity contribution in [2.75, 3.05) is 7.11 Å². The number of nitrogens with one attached hydrogen (secondary N) is 1. The van der Waals surface area contributed by atoms with E-state index in [0.29, 0.717) is 23.1 Å². The molecule has 1 unspecified atom stereocenters. The largest absolute Gasteiger partial charge is 0.496 e. The number of rotatable bonds is 5. The van der Waals surface area contributed by atoms with Crippen LogP contribution in [0.2, 0.25) is 10.0 Å². The standard InChI is InChI=1S/C18H19Cl2NO2/c1-11-6-13-7-16(22-2)14(8-17(13)23-11)10-21-9-12-4-3-5-15(19)18(12)20/h3-5,7-8,11,21H,6,9-10H2,1-2H3. The zero-order chi connectivity index (χ0) is 16.4. The third-order valence-corrected chi connectivity index (χ3v) is 4.82. The molecule has 1 N–H and O–H groups in total. The second-order valence-corrected chi connectivity index (χ2v) is 6.51. The summed E-state index contributed by atoms with van der Waals surface area (Å²) < 4.78 is 11.3. The number of hydrogen-bond acceptors (Lipinski definition) is 3. The molecular formula is C18H19Cl2NO2. The molecule has 0 aliphatic carbocycles. The lowest BCUT2D eigenvalue weighted by Crippen LogP contribution is -2.14. The van der Waals surface area contributed by atoms with E-state index in [4.69, 9.17) is 32.7 Å². The van der Waals surface area contributed by atoms with Gasteiger partial charge in [-0.1, -0.05) is 35.3 Å². The van der Waals surface area contributed by atoms with Gasteiger partial charge in [0.15, 0.2) is 0 Å². The normalized spacial score (nSPS) is 16.1. The highest BCUT2D eigenvalue weighted by Gasteiger charge is 2.21. The van der Waals surface area contributed by atoms with Crippen LogP contribution in [0.1, 0.15) is 23.6 Å². The molecule has 0 aromatic heterocycles. The van der Waals surface area contributed by atoms with Crippen LogP contribution in [-0.2, 0) is 19.5 Å². The van der Waals surface area contributed by atoms with Gasteiger partial charge in [-0.05, 0) is 30.7 Å². The van der Waals surface area contributed by atoms with Gasteiger partial charge in [-0.2, -0.15) is 0 Å². The van der Waals surface area contributed by atoms with Crippen LogP contribution in [-0.4, -0.2) is 13.2 Å². The van der Waals surface area contributed by atoms with E-state index in [1.54, 1.807) is 13.2 Å². The van der Waals surface area contributed by atoms with Crippen LogP contribution in [0.4, 0.5) is 0 Å². The first-order valence-corrected chi connectivity index (χ1v) is 8.34. The molecule has 1 aliphatic heterocycles.